The zero-order valence-corrected chi connectivity index (χ0v) is 11.8. The number of rotatable bonds is 2. The number of fused-ring (bicyclic) bond motifs is 1. The fourth-order valence-electron chi connectivity index (χ4n) is 2.49. The summed E-state index contributed by atoms with van der Waals surface area (Å²) in [5, 5.41) is 20.5. The van der Waals surface area contributed by atoms with E-state index in [9.17, 15) is 19.8 Å². The topological polar surface area (TPSA) is 97.0 Å². The number of allylic oxidation sites excluding steroid dienone is 1. The number of hydrogen-bond acceptors (Lipinski definition) is 6. The maximum Gasteiger partial charge on any atom is 0.196 e. The quantitative estimate of drug-likeness (QED) is 0.875. The summed E-state index contributed by atoms with van der Waals surface area (Å²) in [5.41, 5.74) is -1.88. The third kappa shape index (κ3) is 2.27. The summed E-state index contributed by atoms with van der Waals surface area (Å²) in [7, 11) is 1.42. The van der Waals surface area contributed by atoms with E-state index < -0.39 is 11.0 Å². The Morgan fingerprint density at radius 3 is 2.68 bits per heavy atom. The smallest absolute Gasteiger partial charge is 0.196 e. The molecule has 1 aliphatic carbocycles. The van der Waals surface area contributed by atoms with Crippen LogP contribution in [-0.2, 0) is 10.4 Å². The van der Waals surface area contributed by atoms with Crippen molar-refractivity contribution in [3.05, 3.63) is 46.3 Å². The van der Waals surface area contributed by atoms with Gasteiger partial charge in [0.05, 0.1) is 7.11 Å². The number of carbonyl (C=O) groups is 1. The second-order valence-electron chi connectivity index (χ2n) is 5.22. The van der Waals surface area contributed by atoms with Crippen molar-refractivity contribution in [2.45, 2.75) is 18.4 Å². The van der Waals surface area contributed by atoms with E-state index in [2.05, 4.69) is 0 Å². The van der Waals surface area contributed by atoms with Crippen LogP contribution >= 0.6 is 0 Å². The van der Waals surface area contributed by atoms with E-state index >= 15 is 0 Å². The largest absolute Gasteiger partial charge is 0.507 e. The van der Waals surface area contributed by atoms with Gasteiger partial charge in [0, 0.05) is 24.6 Å². The number of phenolic OH excluding ortho intramolecular Hbond substituents is 1. The van der Waals surface area contributed by atoms with Gasteiger partial charge in [-0.3, -0.25) is 9.59 Å². The van der Waals surface area contributed by atoms with Crippen molar-refractivity contribution >= 4 is 16.8 Å². The Bertz CT molecular complexity index is 848. The number of aromatic hydroxyl groups is 1. The van der Waals surface area contributed by atoms with Gasteiger partial charge in [-0.25, -0.2) is 0 Å². The number of ketones is 1. The predicted molar refractivity (Wildman–Crippen MR) is 78.0 cm³/mol. The molecule has 6 nitrogen and oxygen atoms in total. The highest BCUT2D eigenvalue weighted by Crippen LogP contribution is 2.34. The van der Waals surface area contributed by atoms with Crippen LogP contribution in [0.25, 0.3) is 11.0 Å². The lowest BCUT2D eigenvalue weighted by Crippen LogP contribution is -2.28. The second-order valence-corrected chi connectivity index (χ2v) is 5.22. The van der Waals surface area contributed by atoms with Gasteiger partial charge >= 0.3 is 0 Å². The van der Waals surface area contributed by atoms with E-state index in [4.69, 9.17) is 9.15 Å². The number of aliphatic hydroxyl groups is 1. The van der Waals surface area contributed by atoms with E-state index in [0.29, 0.717) is 5.75 Å². The molecule has 1 aliphatic rings. The number of ether oxygens (including phenoxy) is 1. The van der Waals surface area contributed by atoms with Gasteiger partial charge in [0.25, 0.3) is 0 Å². The van der Waals surface area contributed by atoms with Crippen LogP contribution in [0.15, 0.2) is 39.6 Å². The lowest BCUT2D eigenvalue weighted by atomic mass is 9.88. The number of carbonyl (C=O) groups excluding carboxylic acids is 1. The average molecular weight is 302 g/mol. The van der Waals surface area contributed by atoms with Crippen LogP contribution in [0.5, 0.6) is 11.5 Å². The van der Waals surface area contributed by atoms with Gasteiger partial charge in [0.1, 0.15) is 33.8 Å². The van der Waals surface area contributed by atoms with E-state index in [0.717, 1.165) is 6.07 Å². The van der Waals surface area contributed by atoms with Crippen molar-refractivity contribution in [3.63, 3.8) is 0 Å². The van der Waals surface area contributed by atoms with Gasteiger partial charge in [0.15, 0.2) is 11.2 Å². The molecule has 0 saturated carbocycles. The van der Waals surface area contributed by atoms with Crippen molar-refractivity contribution in [1.29, 1.82) is 0 Å². The molecule has 0 saturated heterocycles. The van der Waals surface area contributed by atoms with Crippen molar-refractivity contribution in [2.75, 3.05) is 7.11 Å². The van der Waals surface area contributed by atoms with Crippen LogP contribution in [0.2, 0.25) is 0 Å². The van der Waals surface area contributed by atoms with Crippen molar-refractivity contribution < 1.29 is 24.2 Å². The highest BCUT2D eigenvalue weighted by molar-refractivity contribution is 5.91. The van der Waals surface area contributed by atoms with Crippen LogP contribution in [0.1, 0.15) is 18.6 Å². The van der Waals surface area contributed by atoms with Crippen LogP contribution in [0.3, 0.4) is 0 Å². The normalized spacial score (nSPS) is 21.3. The minimum atomic E-state index is -1.51. The van der Waals surface area contributed by atoms with Gasteiger partial charge in [-0.05, 0) is 18.6 Å². The van der Waals surface area contributed by atoms with Gasteiger partial charge in [0.2, 0.25) is 0 Å². The van der Waals surface area contributed by atoms with Gasteiger partial charge in [-0.2, -0.15) is 0 Å². The van der Waals surface area contributed by atoms with Gasteiger partial charge in [-0.1, -0.05) is 0 Å². The summed E-state index contributed by atoms with van der Waals surface area (Å²) in [5.74, 6) is 0.0104. The Kier molecular flexibility index (Phi) is 3.26. The predicted octanol–water partition coefficient (Wildman–Crippen LogP) is 1.61. The Hall–Kier alpha value is -2.60. The fraction of sp³-hybridized carbons (Fsp3) is 0.250. The molecule has 2 N–H and O–H groups in total. The molecule has 0 radical (unpaired) electrons. The first-order valence-corrected chi connectivity index (χ1v) is 6.73. The summed E-state index contributed by atoms with van der Waals surface area (Å²) < 4.78 is 10.6. The molecule has 22 heavy (non-hydrogen) atoms. The third-order valence-electron chi connectivity index (χ3n) is 3.74. The SMILES string of the molecule is COc1cc(O)c2c(=O)cc(C3(O)C=CC(=O)CC3)oc2c1. The summed E-state index contributed by atoms with van der Waals surface area (Å²) in [4.78, 5) is 23.5. The van der Waals surface area contributed by atoms with E-state index in [1.165, 1.54) is 31.4 Å². The molecule has 3 rings (SSSR count). The standard InChI is InChI=1S/C16H14O6/c1-21-10-6-11(18)15-12(19)8-14(22-13(15)7-10)16(20)4-2-9(17)3-5-16/h2,4,6-8,18,20H,3,5H2,1H3. The van der Waals surface area contributed by atoms with Crippen LogP contribution in [0.4, 0.5) is 0 Å². The summed E-state index contributed by atoms with van der Waals surface area (Å²) in [6, 6.07) is 3.91. The number of benzene rings is 1. The highest BCUT2D eigenvalue weighted by Gasteiger charge is 2.33. The first-order chi connectivity index (χ1) is 10.4. The molecule has 6 heteroatoms. The molecule has 1 aromatic carbocycles. The highest BCUT2D eigenvalue weighted by atomic mass is 16.5. The summed E-state index contributed by atoms with van der Waals surface area (Å²) >= 11 is 0. The lowest BCUT2D eigenvalue weighted by Gasteiger charge is -2.25. The minimum Gasteiger partial charge on any atom is -0.507 e. The molecule has 2 aromatic rings. The van der Waals surface area contributed by atoms with Gasteiger partial charge in [-0.15, -0.1) is 0 Å². The molecule has 0 spiro atoms. The maximum atomic E-state index is 12.2. The monoisotopic (exact) mass is 302 g/mol. The molecule has 1 aromatic heterocycles. The maximum absolute atomic E-state index is 12.2. The lowest BCUT2D eigenvalue weighted by molar-refractivity contribution is -0.116. The van der Waals surface area contributed by atoms with Crippen LogP contribution in [-0.4, -0.2) is 23.1 Å². The number of hydrogen-bond donors (Lipinski definition) is 2. The summed E-state index contributed by atoms with van der Waals surface area (Å²) in [6.07, 6.45) is 2.89. The summed E-state index contributed by atoms with van der Waals surface area (Å²) in [6.45, 7) is 0. The molecular formula is C16H14O6. The van der Waals surface area contributed by atoms with Crippen molar-refractivity contribution in [1.82, 2.24) is 0 Å². The molecule has 1 unspecified atom stereocenters. The molecular weight excluding hydrogens is 288 g/mol. The average Bonchev–Trinajstić information content (AvgIpc) is 2.49. The van der Waals surface area contributed by atoms with Crippen LogP contribution in [0, 0.1) is 0 Å². The molecule has 0 amide bonds. The molecule has 114 valence electrons. The number of methoxy groups -OCH3 is 1. The Balaban J connectivity index is 2.23. The fourth-order valence-corrected chi connectivity index (χ4v) is 2.49. The van der Waals surface area contributed by atoms with Crippen LogP contribution < -0.4 is 10.2 Å². The Labute approximate surface area is 125 Å². The van der Waals surface area contributed by atoms with Crippen molar-refractivity contribution in [2.24, 2.45) is 0 Å². The molecule has 0 fully saturated rings. The molecule has 1 atom stereocenters. The van der Waals surface area contributed by atoms with E-state index in [-0.39, 0.29) is 41.1 Å². The molecule has 0 bridgehead atoms. The first-order valence-electron chi connectivity index (χ1n) is 6.73. The van der Waals surface area contributed by atoms with E-state index in [1.807, 2.05) is 0 Å². The van der Waals surface area contributed by atoms with Gasteiger partial charge < -0.3 is 19.4 Å². The number of phenols is 1. The zero-order chi connectivity index (χ0) is 15.9. The molecule has 0 aliphatic heterocycles. The van der Waals surface area contributed by atoms with E-state index in [1.54, 1.807) is 0 Å². The zero-order valence-electron chi connectivity index (χ0n) is 11.8. The Morgan fingerprint density at radius 1 is 1.27 bits per heavy atom. The minimum absolute atomic E-state index is 0.0176. The first kappa shape index (κ1) is 14.3. The Morgan fingerprint density at radius 2 is 2.05 bits per heavy atom. The molecule has 1 heterocycles. The van der Waals surface area contributed by atoms with Crippen molar-refractivity contribution in [3.8, 4) is 11.5 Å². The third-order valence-corrected chi connectivity index (χ3v) is 3.74. The second kappa shape index (κ2) is 4.99.